The van der Waals surface area contributed by atoms with Gasteiger partial charge in [0, 0.05) is 36.2 Å². The van der Waals surface area contributed by atoms with Gasteiger partial charge in [-0.25, -0.2) is 0 Å². The zero-order valence-corrected chi connectivity index (χ0v) is 15.7. The van der Waals surface area contributed by atoms with Crippen LogP contribution in [0.3, 0.4) is 0 Å². The van der Waals surface area contributed by atoms with E-state index in [1.165, 1.54) is 21.5 Å². The number of carbonyl (C=O) groups excluding carboxylic acids is 2. The standard InChI is InChI=1S/C23H23N3O2/c27-22-14-21(23(28)26(22)13-10-16-6-2-1-3-7-16)25-12-11-18-17-8-4-5-9-19(17)24-20(18)15-25/h1-9,21,24H,10-15H2/t21-/m0/s1. The van der Waals surface area contributed by atoms with Crippen molar-refractivity contribution in [3.05, 3.63) is 71.4 Å². The van der Waals surface area contributed by atoms with E-state index >= 15 is 0 Å². The van der Waals surface area contributed by atoms with Gasteiger partial charge in [0.2, 0.25) is 11.8 Å². The highest BCUT2D eigenvalue weighted by atomic mass is 16.2. The number of nitrogens with zero attached hydrogens (tertiary/aromatic N) is 2. The van der Waals surface area contributed by atoms with Crippen molar-refractivity contribution in [2.75, 3.05) is 13.1 Å². The van der Waals surface area contributed by atoms with E-state index in [-0.39, 0.29) is 17.9 Å². The third kappa shape index (κ3) is 2.92. The fourth-order valence-corrected chi connectivity index (χ4v) is 4.55. The molecule has 3 heterocycles. The molecule has 5 nitrogen and oxygen atoms in total. The molecule has 0 radical (unpaired) electrons. The van der Waals surface area contributed by atoms with Crippen LogP contribution >= 0.6 is 0 Å². The fourth-order valence-electron chi connectivity index (χ4n) is 4.55. The average molecular weight is 373 g/mol. The molecule has 1 N–H and O–H groups in total. The van der Waals surface area contributed by atoms with Crippen LogP contribution in [0.4, 0.5) is 0 Å². The van der Waals surface area contributed by atoms with Crippen LogP contribution in [-0.2, 0) is 29.0 Å². The van der Waals surface area contributed by atoms with Crippen molar-refractivity contribution in [1.82, 2.24) is 14.8 Å². The summed E-state index contributed by atoms with van der Waals surface area (Å²) in [6, 6.07) is 18.0. The molecule has 1 aromatic heterocycles. The number of aromatic nitrogens is 1. The Morgan fingerprint density at radius 3 is 2.64 bits per heavy atom. The number of H-pyrrole nitrogens is 1. The Labute approximate surface area is 163 Å². The zero-order valence-electron chi connectivity index (χ0n) is 15.7. The first-order valence-corrected chi connectivity index (χ1v) is 9.91. The number of fused-ring (bicyclic) bond motifs is 3. The minimum absolute atomic E-state index is 0.0412. The maximum absolute atomic E-state index is 13.0. The molecule has 2 aliphatic rings. The minimum atomic E-state index is -0.331. The normalized spacial score (nSPS) is 20.1. The number of amides is 2. The molecule has 0 spiro atoms. The molecule has 1 fully saturated rings. The molecule has 142 valence electrons. The molecule has 5 rings (SSSR count). The summed E-state index contributed by atoms with van der Waals surface area (Å²) in [6.07, 6.45) is 1.90. The van der Waals surface area contributed by atoms with Crippen molar-refractivity contribution in [3.8, 4) is 0 Å². The van der Waals surface area contributed by atoms with Crippen LogP contribution in [0.5, 0.6) is 0 Å². The van der Waals surface area contributed by atoms with E-state index in [1.54, 1.807) is 0 Å². The van der Waals surface area contributed by atoms with Crippen molar-refractivity contribution in [3.63, 3.8) is 0 Å². The third-order valence-electron chi connectivity index (χ3n) is 6.04. The van der Waals surface area contributed by atoms with Crippen molar-refractivity contribution < 1.29 is 9.59 Å². The number of nitrogens with one attached hydrogen (secondary N) is 1. The molecular weight excluding hydrogens is 350 g/mol. The third-order valence-corrected chi connectivity index (χ3v) is 6.04. The highest BCUT2D eigenvalue weighted by Crippen LogP contribution is 2.30. The summed E-state index contributed by atoms with van der Waals surface area (Å²) in [5.74, 6) is -0.0890. The van der Waals surface area contributed by atoms with Gasteiger partial charge in [-0.15, -0.1) is 0 Å². The average Bonchev–Trinajstić information content (AvgIpc) is 3.23. The van der Waals surface area contributed by atoms with Gasteiger partial charge < -0.3 is 4.98 Å². The topological polar surface area (TPSA) is 56.4 Å². The van der Waals surface area contributed by atoms with Crippen LogP contribution < -0.4 is 0 Å². The van der Waals surface area contributed by atoms with Gasteiger partial charge in [-0.1, -0.05) is 48.5 Å². The van der Waals surface area contributed by atoms with Crippen LogP contribution in [0.2, 0.25) is 0 Å². The highest BCUT2D eigenvalue weighted by molar-refractivity contribution is 6.05. The predicted molar refractivity (Wildman–Crippen MR) is 108 cm³/mol. The molecular formula is C23H23N3O2. The number of hydrogen-bond donors (Lipinski definition) is 1. The van der Waals surface area contributed by atoms with Crippen molar-refractivity contribution in [1.29, 1.82) is 0 Å². The first-order valence-electron chi connectivity index (χ1n) is 9.91. The lowest BCUT2D eigenvalue weighted by atomic mass is 10.0. The summed E-state index contributed by atoms with van der Waals surface area (Å²) in [5.41, 5.74) is 4.82. The smallest absolute Gasteiger partial charge is 0.247 e. The molecule has 1 atom stereocenters. The summed E-state index contributed by atoms with van der Waals surface area (Å²) < 4.78 is 0. The summed E-state index contributed by atoms with van der Waals surface area (Å²) in [5, 5.41) is 1.27. The van der Waals surface area contributed by atoms with E-state index in [9.17, 15) is 9.59 Å². The van der Waals surface area contributed by atoms with Gasteiger partial charge in [-0.2, -0.15) is 0 Å². The van der Waals surface area contributed by atoms with Crippen LogP contribution in [0.15, 0.2) is 54.6 Å². The van der Waals surface area contributed by atoms with Crippen LogP contribution in [0.25, 0.3) is 10.9 Å². The number of aromatic amines is 1. The lowest BCUT2D eigenvalue weighted by molar-refractivity contribution is -0.139. The first kappa shape index (κ1) is 17.2. The van der Waals surface area contributed by atoms with Gasteiger partial charge in [0.25, 0.3) is 0 Å². The van der Waals surface area contributed by atoms with Crippen LogP contribution in [-0.4, -0.2) is 45.7 Å². The largest absolute Gasteiger partial charge is 0.357 e. The van der Waals surface area contributed by atoms with Crippen LogP contribution in [0, 0.1) is 0 Å². The number of benzene rings is 2. The summed E-state index contributed by atoms with van der Waals surface area (Å²) in [4.78, 5) is 32.6. The van der Waals surface area contributed by atoms with E-state index in [4.69, 9.17) is 0 Å². The molecule has 2 amide bonds. The van der Waals surface area contributed by atoms with Gasteiger partial charge in [-0.3, -0.25) is 19.4 Å². The predicted octanol–water partition coefficient (Wildman–Crippen LogP) is 2.90. The number of likely N-dealkylation sites (tertiary alicyclic amines) is 1. The monoisotopic (exact) mass is 373 g/mol. The molecule has 0 saturated carbocycles. The molecule has 1 saturated heterocycles. The first-order chi connectivity index (χ1) is 13.7. The minimum Gasteiger partial charge on any atom is -0.357 e. The van der Waals surface area contributed by atoms with E-state index in [2.05, 4.69) is 28.1 Å². The Bertz CT molecular complexity index is 1040. The maximum atomic E-state index is 13.0. The maximum Gasteiger partial charge on any atom is 0.247 e. The van der Waals surface area contributed by atoms with E-state index < -0.39 is 0 Å². The van der Waals surface area contributed by atoms with E-state index in [0.29, 0.717) is 25.9 Å². The number of para-hydroxylation sites is 1. The van der Waals surface area contributed by atoms with Gasteiger partial charge in [0.05, 0.1) is 12.5 Å². The van der Waals surface area contributed by atoms with Gasteiger partial charge >= 0.3 is 0 Å². The van der Waals surface area contributed by atoms with E-state index in [1.807, 2.05) is 36.4 Å². The number of carbonyl (C=O) groups is 2. The molecule has 0 aliphatic carbocycles. The molecule has 3 aromatic rings. The molecule has 0 bridgehead atoms. The quantitative estimate of drug-likeness (QED) is 0.716. The number of rotatable bonds is 4. The highest BCUT2D eigenvalue weighted by Gasteiger charge is 2.42. The Balaban J connectivity index is 1.30. The molecule has 5 heteroatoms. The van der Waals surface area contributed by atoms with Crippen molar-refractivity contribution in [2.24, 2.45) is 0 Å². The second-order valence-corrected chi connectivity index (χ2v) is 7.69. The van der Waals surface area contributed by atoms with Crippen molar-refractivity contribution >= 4 is 22.7 Å². The zero-order chi connectivity index (χ0) is 19.1. The van der Waals surface area contributed by atoms with Crippen LogP contribution in [0.1, 0.15) is 23.2 Å². The second kappa shape index (κ2) is 6.91. The Morgan fingerprint density at radius 2 is 1.79 bits per heavy atom. The Morgan fingerprint density at radius 1 is 1.00 bits per heavy atom. The molecule has 0 unspecified atom stereocenters. The number of hydrogen-bond acceptors (Lipinski definition) is 3. The lowest BCUT2D eigenvalue weighted by Crippen LogP contribution is -2.44. The summed E-state index contributed by atoms with van der Waals surface area (Å²) in [7, 11) is 0. The Hall–Kier alpha value is -2.92. The van der Waals surface area contributed by atoms with Crippen molar-refractivity contribution in [2.45, 2.75) is 31.8 Å². The Kier molecular flexibility index (Phi) is 4.24. The lowest BCUT2D eigenvalue weighted by Gasteiger charge is -2.30. The van der Waals surface area contributed by atoms with E-state index in [0.717, 1.165) is 24.0 Å². The summed E-state index contributed by atoms with van der Waals surface area (Å²) >= 11 is 0. The SMILES string of the molecule is O=C1C[C@H](N2CCc3c([nH]c4ccccc34)C2)C(=O)N1CCc1ccccc1. The van der Waals surface area contributed by atoms with Gasteiger partial charge in [0.15, 0.2) is 0 Å². The fraction of sp³-hybridized carbons (Fsp3) is 0.304. The van der Waals surface area contributed by atoms with Gasteiger partial charge in [-0.05, 0) is 30.0 Å². The molecule has 2 aromatic carbocycles. The second-order valence-electron chi connectivity index (χ2n) is 7.69. The summed E-state index contributed by atoms with van der Waals surface area (Å²) in [6.45, 7) is 1.97. The molecule has 2 aliphatic heterocycles. The molecule has 28 heavy (non-hydrogen) atoms. The van der Waals surface area contributed by atoms with Gasteiger partial charge in [0.1, 0.15) is 0 Å². The number of imide groups is 1.